The number of hydrogen-bond donors (Lipinski definition) is 0. The molecule has 1 heterocycles. The highest BCUT2D eigenvalue weighted by Crippen LogP contribution is 2.65. The van der Waals surface area contributed by atoms with E-state index in [-0.39, 0.29) is 41.3 Å². The molecule has 2 saturated carbocycles. The highest BCUT2D eigenvalue weighted by Gasteiger charge is 2.67. The molecule has 0 N–H and O–H groups in total. The van der Waals surface area contributed by atoms with Gasteiger partial charge in [0.05, 0.1) is 11.8 Å². The molecule has 1 aromatic rings. The fourth-order valence-electron chi connectivity index (χ4n) is 5.55. The van der Waals surface area contributed by atoms with E-state index in [1.54, 1.807) is 12.1 Å². The third-order valence-corrected chi connectivity index (χ3v) is 7.14. The van der Waals surface area contributed by atoms with Crippen LogP contribution in [-0.2, 0) is 19.1 Å². The van der Waals surface area contributed by atoms with Crippen molar-refractivity contribution in [2.24, 2.45) is 35.5 Å². The maximum Gasteiger partial charge on any atom is 0.329 e. The van der Waals surface area contributed by atoms with Crippen molar-refractivity contribution in [2.75, 3.05) is 6.61 Å². The van der Waals surface area contributed by atoms with Crippen LogP contribution in [0.3, 0.4) is 0 Å². The number of carbonyl (C=O) groups is 4. The highest BCUT2D eigenvalue weighted by molar-refractivity contribution is 6.09. The number of rotatable bonds is 5. The fourth-order valence-corrected chi connectivity index (χ4v) is 5.55. The lowest BCUT2D eigenvalue weighted by Crippen LogP contribution is -2.45. The van der Waals surface area contributed by atoms with Gasteiger partial charge in [0.15, 0.2) is 12.4 Å². The average Bonchev–Trinajstić information content (AvgIpc) is 3.49. The van der Waals surface area contributed by atoms with Gasteiger partial charge in [-0.1, -0.05) is 42.0 Å². The molecule has 6 rings (SSSR count). The van der Waals surface area contributed by atoms with E-state index in [9.17, 15) is 19.2 Å². The first kappa shape index (κ1) is 18.3. The van der Waals surface area contributed by atoms with Gasteiger partial charge in [-0.05, 0) is 43.9 Å². The normalized spacial score (nSPS) is 34.6. The number of carbonyl (C=O) groups excluding carboxylic acids is 4. The molecule has 0 radical (unpaired) electrons. The fraction of sp³-hybridized carbons (Fsp3) is 0.478. The van der Waals surface area contributed by atoms with Crippen molar-refractivity contribution in [3.63, 3.8) is 0 Å². The van der Waals surface area contributed by atoms with E-state index in [2.05, 4.69) is 12.2 Å². The minimum absolute atomic E-state index is 0.114. The first-order chi connectivity index (χ1) is 13.9. The van der Waals surface area contributed by atoms with Gasteiger partial charge in [-0.2, -0.15) is 0 Å². The summed E-state index contributed by atoms with van der Waals surface area (Å²) < 4.78 is 5.16. The van der Waals surface area contributed by atoms with Crippen LogP contribution in [-0.4, -0.2) is 41.1 Å². The van der Waals surface area contributed by atoms with Gasteiger partial charge in [-0.25, -0.2) is 4.79 Å². The number of ketones is 1. The number of ether oxygens (including phenoxy) is 1. The minimum atomic E-state index is -1.03. The standard InChI is InChI=1S/C23H23NO5/c1-11-3-5-13(6-4-11)18(25)10-29-23(28)12(2)24-21(26)19-14-7-8-15(17-9-16(14)17)20(19)22(24)27/h3-8,12,14-17,19-20H,9-10H2,1-2H3/t12-,14-,15-,16-,17+,19+,20+/m0/s1. The number of likely N-dealkylation sites (tertiary alicyclic amines) is 1. The number of esters is 1. The molecule has 2 bridgehead atoms. The quantitative estimate of drug-likeness (QED) is 0.331. The molecular weight excluding hydrogens is 370 g/mol. The van der Waals surface area contributed by atoms with Crippen molar-refractivity contribution < 1.29 is 23.9 Å². The van der Waals surface area contributed by atoms with Crippen LogP contribution in [0.15, 0.2) is 36.4 Å². The molecule has 3 fully saturated rings. The number of amides is 2. The van der Waals surface area contributed by atoms with Crippen molar-refractivity contribution in [2.45, 2.75) is 26.3 Å². The zero-order valence-corrected chi connectivity index (χ0v) is 16.4. The lowest BCUT2D eigenvalue weighted by molar-refractivity contribution is -0.157. The van der Waals surface area contributed by atoms with Gasteiger partial charge in [0.1, 0.15) is 6.04 Å². The van der Waals surface area contributed by atoms with Crippen LogP contribution in [0, 0.1) is 42.4 Å². The summed E-state index contributed by atoms with van der Waals surface area (Å²) in [5.74, 6) is -1.01. The van der Waals surface area contributed by atoms with Crippen molar-refractivity contribution in [1.82, 2.24) is 4.90 Å². The maximum absolute atomic E-state index is 13.0. The molecule has 2 amide bonds. The predicted molar refractivity (Wildman–Crippen MR) is 102 cm³/mol. The number of Topliss-reactive ketones (excluding diaryl/α,β-unsaturated/α-hetero) is 1. The van der Waals surface area contributed by atoms with Crippen molar-refractivity contribution >= 4 is 23.6 Å². The molecule has 6 heteroatoms. The summed E-state index contributed by atoms with van der Waals surface area (Å²) in [4.78, 5) is 51.9. The second-order valence-corrected chi connectivity index (χ2v) is 8.77. The van der Waals surface area contributed by atoms with Gasteiger partial charge in [0.25, 0.3) is 0 Å². The Morgan fingerprint density at radius 1 is 1.03 bits per heavy atom. The number of aryl methyl sites for hydroxylation is 1. The second-order valence-electron chi connectivity index (χ2n) is 8.77. The summed E-state index contributed by atoms with van der Waals surface area (Å²) in [5.41, 5.74) is 1.48. The SMILES string of the molecule is Cc1ccc(C(=O)COC(=O)[C@H](C)N2C(=O)[C@@H]3[C@H]4C=C[C@@H]([C@@H]5C[C@H]45)[C@H]3C2=O)cc1. The van der Waals surface area contributed by atoms with Crippen LogP contribution in [0.4, 0.5) is 0 Å². The van der Waals surface area contributed by atoms with E-state index in [4.69, 9.17) is 4.74 Å². The predicted octanol–water partition coefficient (Wildman–Crippen LogP) is 2.16. The molecule has 6 nitrogen and oxygen atoms in total. The van der Waals surface area contributed by atoms with Crippen LogP contribution >= 0.6 is 0 Å². The molecular formula is C23H23NO5. The van der Waals surface area contributed by atoms with Crippen molar-refractivity contribution in [3.8, 4) is 0 Å². The first-order valence-electron chi connectivity index (χ1n) is 10.2. The minimum Gasteiger partial charge on any atom is -0.456 e. The van der Waals surface area contributed by atoms with E-state index in [0.29, 0.717) is 17.4 Å². The summed E-state index contributed by atoms with van der Waals surface area (Å²) in [6.07, 6.45) is 5.28. The van der Waals surface area contributed by atoms with Gasteiger partial charge >= 0.3 is 5.97 Å². The number of nitrogens with zero attached hydrogens (tertiary/aromatic N) is 1. The Hall–Kier alpha value is -2.76. The molecule has 4 aliphatic carbocycles. The van der Waals surface area contributed by atoms with Crippen LogP contribution in [0.25, 0.3) is 0 Å². The Morgan fingerprint density at radius 2 is 1.59 bits per heavy atom. The van der Waals surface area contributed by atoms with Crippen LogP contribution < -0.4 is 0 Å². The Kier molecular flexibility index (Phi) is 4.02. The van der Waals surface area contributed by atoms with E-state index >= 15 is 0 Å². The summed E-state index contributed by atoms with van der Waals surface area (Å²) in [5, 5.41) is 0. The van der Waals surface area contributed by atoms with Crippen molar-refractivity contribution in [3.05, 3.63) is 47.5 Å². The third kappa shape index (κ3) is 2.69. The average molecular weight is 393 g/mol. The Balaban J connectivity index is 1.26. The van der Waals surface area contributed by atoms with Gasteiger partial charge in [0.2, 0.25) is 11.8 Å². The monoisotopic (exact) mass is 393 g/mol. The molecule has 0 aromatic heterocycles. The Bertz CT molecular complexity index is 913. The smallest absolute Gasteiger partial charge is 0.329 e. The van der Waals surface area contributed by atoms with Gasteiger partial charge in [-0.3, -0.25) is 19.3 Å². The largest absolute Gasteiger partial charge is 0.456 e. The second kappa shape index (κ2) is 6.37. The summed E-state index contributed by atoms with van der Waals surface area (Å²) in [7, 11) is 0. The number of imide groups is 1. The third-order valence-electron chi connectivity index (χ3n) is 7.14. The van der Waals surface area contributed by atoms with Gasteiger partial charge < -0.3 is 4.74 Å². The molecule has 0 spiro atoms. The molecule has 1 aliphatic heterocycles. The highest BCUT2D eigenvalue weighted by atomic mass is 16.5. The zero-order chi connectivity index (χ0) is 20.4. The van der Waals surface area contributed by atoms with Crippen molar-refractivity contribution in [1.29, 1.82) is 0 Å². The lowest BCUT2D eigenvalue weighted by atomic mass is 9.63. The van der Waals surface area contributed by atoms with E-state index < -0.39 is 18.6 Å². The molecule has 7 atom stereocenters. The maximum atomic E-state index is 13.0. The number of allylic oxidation sites excluding steroid dienone is 2. The summed E-state index contributed by atoms with van der Waals surface area (Å²) in [6.45, 7) is 3.01. The molecule has 29 heavy (non-hydrogen) atoms. The topological polar surface area (TPSA) is 80.8 Å². The molecule has 1 aromatic carbocycles. The summed E-state index contributed by atoms with van der Waals surface area (Å²) >= 11 is 0. The number of hydrogen-bond acceptors (Lipinski definition) is 5. The molecule has 1 saturated heterocycles. The van der Waals surface area contributed by atoms with E-state index in [0.717, 1.165) is 16.9 Å². The van der Waals surface area contributed by atoms with E-state index in [1.165, 1.54) is 6.92 Å². The van der Waals surface area contributed by atoms with Gasteiger partial charge in [-0.15, -0.1) is 0 Å². The van der Waals surface area contributed by atoms with Crippen LogP contribution in [0.1, 0.15) is 29.3 Å². The zero-order valence-electron chi connectivity index (χ0n) is 16.4. The first-order valence-corrected chi connectivity index (χ1v) is 10.2. The van der Waals surface area contributed by atoms with Crippen LogP contribution in [0.2, 0.25) is 0 Å². The van der Waals surface area contributed by atoms with Gasteiger partial charge in [0, 0.05) is 5.56 Å². The number of benzene rings is 1. The Labute approximate surface area is 168 Å². The summed E-state index contributed by atoms with van der Waals surface area (Å²) in [6, 6.07) is 5.96. The molecule has 0 unspecified atom stereocenters. The molecule has 150 valence electrons. The lowest BCUT2D eigenvalue weighted by Gasteiger charge is -2.37. The molecule has 5 aliphatic rings. The van der Waals surface area contributed by atoms with E-state index in [1.807, 2.05) is 19.1 Å². The van der Waals surface area contributed by atoms with Crippen LogP contribution in [0.5, 0.6) is 0 Å². The Morgan fingerprint density at radius 3 is 2.14 bits per heavy atom.